The van der Waals surface area contributed by atoms with Crippen LogP contribution in [0.1, 0.15) is 60.8 Å². The second-order valence-corrected chi connectivity index (χ2v) is 7.95. The highest BCUT2D eigenvalue weighted by Gasteiger charge is 2.55. The maximum atomic E-state index is 12.7. The van der Waals surface area contributed by atoms with Crippen molar-refractivity contribution in [3.63, 3.8) is 0 Å². The average Bonchev–Trinajstić information content (AvgIpc) is 2.87. The molecular formula is C18H30O4. The molecule has 4 nitrogen and oxygen atoms in total. The fraction of sp³-hybridized carbons (Fsp3) is 0.889. The summed E-state index contributed by atoms with van der Waals surface area (Å²) in [4.78, 5) is 24.5. The van der Waals surface area contributed by atoms with Gasteiger partial charge in [0.15, 0.2) is 0 Å². The van der Waals surface area contributed by atoms with E-state index in [0.29, 0.717) is 5.92 Å². The molecular weight excluding hydrogens is 280 g/mol. The predicted octanol–water partition coefficient (Wildman–Crippen LogP) is 3.58. The first-order valence-corrected chi connectivity index (χ1v) is 8.61. The molecule has 0 radical (unpaired) electrons. The lowest BCUT2D eigenvalue weighted by Gasteiger charge is -2.31. The molecule has 2 fully saturated rings. The summed E-state index contributed by atoms with van der Waals surface area (Å²) in [6, 6.07) is 0. The third kappa shape index (κ3) is 3.02. The smallest absolute Gasteiger partial charge is 0.312 e. The van der Waals surface area contributed by atoms with Crippen LogP contribution in [0.3, 0.4) is 0 Å². The van der Waals surface area contributed by atoms with Crippen molar-refractivity contribution in [2.75, 3.05) is 0 Å². The molecule has 22 heavy (non-hydrogen) atoms. The van der Waals surface area contributed by atoms with E-state index >= 15 is 0 Å². The van der Waals surface area contributed by atoms with Gasteiger partial charge in [0, 0.05) is 5.92 Å². The van der Waals surface area contributed by atoms with Crippen molar-refractivity contribution in [3.8, 4) is 0 Å². The Labute approximate surface area is 133 Å². The Bertz CT molecular complexity index is 444. The second-order valence-electron chi connectivity index (χ2n) is 7.95. The highest BCUT2D eigenvalue weighted by atomic mass is 16.6. The second kappa shape index (κ2) is 6.21. The monoisotopic (exact) mass is 310 g/mol. The van der Waals surface area contributed by atoms with E-state index in [1.165, 1.54) is 0 Å². The van der Waals surface area contributed by atoms with Gasteiger partial charge in [0.05, 0.1) is 11.3 Å². The molecule has 0 amide bonds. The lowest BCUT2D eigenvalue weighted by atomic mass is 9.79. The predicted molar refractivity (Wildman–Crippen MR) is 84.0 cm³/mol. The minimum absolute atomic E-state index is 0.0793. The number of ether oxygens (including phenoxy) is 2. The lowest BCUT2D eigenvalue weighted by molar-refractivity contribution is -0.173. The Kier molecular flexibility index (Phi) is 4.88. The molecule has 126 valence electrons. The fourth-order valence-corrected chi connectivity index (χ4v) is 4.05. The van der Waals surface area contributed by atoms with Crippen LogP contribution in [0.2, 0.25) is 0 Å². The van der Waals surface area contributed by atoms with Crippen LogP contribution < -0.4 is 0 Å². The normalized spacial score (nSPS) is 36.9. The number of hydrogen-bond donors (Lipinski definition) is 0. The van der Waals surface area contributed by atoms with Crippen LogP contribution in [-0.2, 0) is 19.1 Å². The van der Waals surface area contributed by atoms with E-state index in [-0.39, 0.29) is 41.9 Å². The van der Waals surface area contributed by atoms with Gasteiger partial charge in [-0.25, -0.2) is 0 Å². The first kappa shape index (κ1) is 17.3. The Morgan fingerprint density at radius 1 is 1.41 bits per heavy atom. The number of rotatable bonds is 5. The van der Waals surface area contributed by atoms with E-state index in [9.17, 15) is 9.59 Å². The summed E-state index contributed by atoms with van der Waals surface area (Å²) in [7, 11) is 0. The average molecular weight is 310 g/mol. The van der Waals surface area contributed by atoms with Crippen molar-refractivity contribution in [1.29, 1.82) is 0 Å². The molecule has 1 saturated heterocycles. The molecule has 0 spiro atoms. The molecule has 6 unspecified atom stereocenters. The van der Waals surface area contributed by atoms with E-state index < -0.39 is 5.41 Å². The standard InChI is InChI=1S/C18H30O4/c1-7-18(6,9-10(2)3)17(20)22-14-11(4)8-13-12(5)16(19)21-15(13)14/h10-15H,7-9H2,1-6H3. The lowest BCUT2D eigenvalue weighted by Crippen LogP contribution is -2.39. The fourth-order valence-electron chi connectivity index (χ4n) is 4.05. The first-order chi connectivity index (χ1) is 10.2. The van der Waals surface area contributed by atoms with Gasteiger partial charge in [-0.3, -0.25) is 9.59 Å². The summed E-state index contributed by atoms with van der Waals surface area (Å²) < 4.78 is 11.4. The van der Waals surface area contributed by atoms with E-state index in [1.807, 2.05) is 20.8 Å². The van der Waals surface area contributed by atoms with Gasteiger partial charge in [0.1, 0.15) is 12.2 Å². The molecule has 0 aromatic rings. The molecule has 2 aliphatic rings. The maximum absolute atomic E-state index is 12.7. The van der Waals surface area contributed by atoms with Crippen LogP contribution in [0.15, 0.2) is 0 Å². The molecule has 1 aliphatic heterocycles. The number of esters is 2. The number of hydrogen-bond acceptors (Lipinski definition) is 4. The number of fused-ring (bicyclic) bond motifs is 1. The van der Waals surface area contributed by atoms with Crippen molar-refractivity contribution in [3.05, 3.63) is 0 Å². The third-order valence-electron chi connectivity index (χ3n) is 5.59. The first-order valence-electron chi connectivity index (χ1n) is 8.61. The van der Waals surface area contributed by atoms with E-state index in [0.717, 1.165) is 19.3 Å². The van der Waals surface area contributed by atoms with E-state index in [2.05, 4.69) is 20.8 Å². The summed E-state index contributed by atoms with van der Waals surface area (Å²) in [5.74, 6) is 0.507. The van der Waals surface area contributed by atoms with Crippen molar-refractivity contribution in [2.45, 2.75) is 73.0 Å². The van der Waals surface area contributed by atoms with Crippen LogP contribution in [0.25, 0.3) is 0 Å². The summed E-state index contributed by atoms with van der Waals surface area (Å²) >= 11 is 0. The van der Waals surface area contributed by atoms with Gasteiger partial charge in [-0.05, 0) is 38.0 Å². The number of carbonyl (C=O) groups is 2. The third-order valence-corrected chi connectivity index (χ3v) is 5.59. The molecule has 0 bridgehead atoms. The SMILES string of the molecule is CCC(C)(CC(C)C)C(=O)OC1C(C)CC2C(C)C(=O)OC21. The zero-order valence-electron chi connectivity index (χ0n) is 14.7. The van der Waals surface area contributed by atoms with Crippen molar-refractivity contribution in [2.24, 2.45) is 29.1 Å². The molecule has 0 N–H and O–H groups in total. The van der Waals surface area contributed by atoms with Gasteiger partial charge in [0.2, 0.25) is 0 Å². The van der Waals surface area contributed by atoms with Crippen molar-refractivity contribution >= 4 is 11.9 Å². The summed E-state index contributed by atoms with van der Waals surface area (Å²) in [5.41, 5.74) is -0.458. The van der Waals surface area contributed by atoms with Crippen LogP contribution in [0.4, 0.5) is 0 Å². The summed E-state index contributed by atoms with van der Waals surface area (Å²) in [6.07, 6.45) is 1.93. The van der Waals surface area contributed by atoms with Gasteiger partial charge >= 0.3 is 11.9 Å². The van der Waals surface area contributed by atoms with Gasteiger partial charge < -0.3 is 9.47 Å². The van der Waals surface area contributed by atoms with E-state index in [4.69, 9.17) is 9.47 Å². The van der Waals surface area contributed by atoms with Crippen molar-refractivity contribution in [1.82, 2.24) is 0 Å². The highest BCUT2D eigenvalue weighted by Crippen LogP contribution is 2.45. The highest BCUT2D eigenvalue weighted by molar-refractivity contribution is 5.77. The Morgan fingerprint density at radius 2 is 2.05 bits per heavy atom. The topological polar surface area (TPSA) is 52.6 Å². The molecule has 1 aliphatic carbocycles. The largest absolute Gasteiger partial charge is 0.458 e. The van der Waals surface area contributed by atoms with Crippen LogP contribution in [0, 0.1) is 29.1 Å². The number of carbonyl (C=O) groups excluding carboxylic acids is 2. The molecule has 4 heteroatoms. The minimum Gasteiger partial charge on any atom is -0.458 e. The van der Waals surface area contributed by atoms with Crippen LogP contribution in [0.5, 0.6) is 0 Å². The summed E-state index contributed by atoms with van der Waals surface area (Å²) in [5, 5.41) is 0. The maximum Gasteiger partial charge on any atom is 0.312 e. The molecule has 1 saturated carbocycles. The molecule has 1 heterocycles. The Balaban J connectivity index is 2.09. The van der Waals surface area contributed by atoms with Gasteiger partial charge in [-0.1, -0.05) is 34.6 Å². The minimum atomic E-state index is -0.458. The zero-order valence-corrected chi connectivity index (χ0v) is 14.7. The Morgan fingerprint density at radius 3 is 2.59 bits per heavy atom. The van der Waals surface area contributed by atoms with Crippen molar-refractivity contribution < 1.29 is 19.1 Å². The molecule has 0 aromatic heterocycles. The van der Waals surface area contributed by atoms with Gasteiger partial charge in [-0.15, -0.1) is 0 Å². The van der Waals surface area contributed by atoms with Crippen LogP contribution in [-0.4, -0.2) is 24.1 Å². The quantitative estimate of drug-likeness (QED) is 0.728. The van der Waals surface area contributed by atoms with Crippen LogP contribution >= 0.6 is 0 Å². The van der Waals surface area contributed by atoms with Gasteiger partial charge in [0.25, 0.3) is 0 Å². The molecule has 0 aromatic carbocycles. The van der Waals surface area contributed by atoms with Gasteiger partial charge in [-0.2, -0.15) is 0 Å². The summed E-state index contributed by atoms with van der Waals surface area (Å²) in [6.45, 7) is 12.3. The Hall–Kier alpha value is -1.06. The molecule has 2 rings (SSSR count). The zero-order chi connectivity index (χ0) is 16.7. The van der Waals surface area contributed by atoms with E-state index in [1.54, 1.807) is 0 Å². The molecule has 6 atom stereocenters.